The van der Waals surface area contributed by atoms with Crippen LogP contribution in [0.25, 0.3) is 0 Å². The second kappa shape index (κ2) is 4.68. The van der Waals surface area contributed by atoms with Crippen LogP contribution in [0.2, 0.25) is 5.02 Å². The van der Waals surface area contributed by atoms with E-state index < -0.39 is 0 Å². The molecule has 0 aliphatic heterocycles. The fourth-order valence-corrected chi connectivity index (χ4v) is 1.32. The quantitative estimate of drug-likeness (QED) is 0.688. The maximum atomic E-state index is 5.99. The molecule has 1 aromatic heterocycles. The summed E-state index contributed by atoms with van der Waals surface area (Å²) in [5.41, 5.74) is 1.08. The maximum Gasteiger partial charge on any atom is 0.0621 e. The van der Waals surface area contributed by atoms with Crippen molar-refractivity contribution in [3.63, 3.8) is 0 Å². The van der Waals surface area contributed by atoms with Crippen molar-refractivity contribution in [2.45, 2.75) is 25.1 Å². The topological polar surface area (TPSA) is 12.9 Å². The predicted octanol–water partition coefficient (Wildman–Crippen LogP) is 3.29. The van der Waals surface area contributed by atoms with Gasteiger partial charge in [-0.2, -0.15) is 0 Å². The molecule has 3 heteroatoms. The van der Waals surface area contributed by atoms with Gasteiger partial charge in [-0.05, 0) is 24.5 Å². The SMILES string of the molecule is CCC(Cl)Cc1ccncc1Cl. The summed E-state index contributed by atoms with van der Waals surface area (Å²) in [6.45, 7) is 2.06. The van der Waals surface area contributed by atoms with E-state index in [2.05, 4.69) is 11.9 Å². The van der Waals surface area contributed by atoms with Crippen molar-refractivity contribution in [2.75, 3.05) is 0 Å². The minimum Gasteiger partial charge on any atom is -0.263 e. The highest BCUT2D eigenvalue weighted by Gasteiger charge is 2.05. The Morgan fingerprint density at radius 3 is 2.92 bits per heavy atom. The number of hydrogen-bond acceptors (Lipinski definition) is 1. The van der Waals surface area contributed by atoms with Crippen LogP contribution in [0.3, 0.4) is 0 Å². The van der Waals surface area contributed by atoms with E-state index in [1.54, 1.807) is 12.4 Å². The highest BCUT2D eigenvalue weighted by molar-refractivity contribution is 6.31. The van der Waals surface area contributed by atoms with Gasteiger partial charge in [-0.1, -0.05) is 18.5 Å². The zero-order valence-corrected chi connectivity index (χ0v) is 8.44. The molecule has 0 radical (unpaired) electrons. The van der Waals surface area contributed by atoms with E-state index in [9.17, 15) is 0 Å². The van der Waals surface area contributed by atoms with Gasteiger partial charge in [0.15, 0.2) is 0 Å². The molecule has 0 aliphatic carbocycles. The molecule has 12 heavy (non-hydrogen) atoms. The fourth-order valence-electron chi connectivity index (χ4n) is 0.953. The van der Waals surface area contributed by atoms with Crippen LogP contribution in [0.1, 0.15) is 18.9 Å². The molecule has 0 amide bonds. The predicted molar refractivity (Wildman–Crippen MR) is 52.9 cm³/mol. The van der Waals surface area contributed by atoms with Crippen LogP contribution in [0, 0.1) is 0 Å². The largest absolute Gasteiger partial charge is 0.263 e. The Hall–Kier alpha value is -0.270. The van der Waals surface area contributed by atoms with Crippen molar-refractivity contribution in [1.82, 2.24) is 4.98 Å². The van der Waals surface area contributed by atoms with Crippen LogP contribution in [0.15, 0.2) is 18.5 Å². The van der Waals surface area contributed by atoms with Crippen LogP contribution in [0.5, 0.6) is 0 Å². The summed E-state index contributed by atoms with van der Waals surface area (Å²) in [5.74, 6) is 0. The smallest absolute Gasteiger partial charge is 0.0621 e. The van der Waals surface area contributed by atoms with Crippen LogP contribution in [-0.4, -0.2) is 10.4 Å². The van der Waals surface area contributed by atoms with E-state index >= 15 is 0 Å². The fraction of sp³-hybridized carbons (Fsp3) is 0.444. The lowest BCUT2D eigenvalue weighted by atomic mass is 10.1. The molecule has 66 valence electrons. The minimum absolute atomic E-state index is 0.171. The van der Waals surface area contributed by atoms with E-state index in [-0.39, 0.29) is 5.38 Å². The molecule has 0 aliphatic rings. The Labute approximate surface area is 82.7 Å². The van der Waals surface area contributed by atoms with Crippen LogP contribution in [-0.2, 0) is 6.42 Å². The molecule has 1 heterocycles. The Balaban J connectivity index is 2.69. The van der Waals surface area contributed by atoms with Gasteiger partial charge in [-0.15, -0.1) is 11.6 Å². The van der Waals surface area contributed by atoms with E-state index in [1.807, 2.05) is 6.07 Å². The average molecular weight is 204 g/mol. The van der Waals surface area contributed by atoms with Gasteiger partial charge in [-0.25, -0.2) is 0 Å². The number of pyridine rings is 1. The number of alkyl halides is 1. The number of hydrogen-bond donors (Lipinski definition) is 0. The summed E-state index contributed by atoms with van der Waals surface area (Å²) >= 11 is 11.9. The van der Waals surface area contributed by atoms with Crippen molar-refractivity contribution in [3.8, 4) is 0 Å². The van der Waals surface area contributed by atoms with Crippen LogP contribution >= 0.6 is 23.2 Å². The Bertz CT molecular complexity index is 250. The highest BCUT2D eigenvalue weighted by atomic mass is 35.5. The van der Waals surface area contributed by atoms with Gasteiger partial charge >= 0.3 is 0 Å². The molecular weight excluding hydrogens is 193 g/mol. The Morgan fingerprint density at radius 2 is 2.33 bits per heavy atom. The molecule has 0 N–H and O–H groups in total. The molecule has 1 atom stereocenters. The summed E-state index contributed by atoms with van der Waals surface area (Å²) in [4.78, 5) is 3.90. The maximum absolute atomic E-state index is 5.99. The Kier molecular flexibility index (Phi) is 3.83. The molecule has 1 rings (SSSR count). The van der Waals surface area contributed by atoms with Gasteiger partial charge in [0, 0.05) is 17.8 Å². The van der Waals surface area contributed by atoms with E-state index in [0.717, 1.165) is 18.4 Å². The second-order valence-electron chi connectivity index (χ2n) is 2.68. The lowest BCUT2D eigenvalue weighted by Crippen LogP contribution is -2.01. The van der Waals surface area contributed by atoms with Crippen molar-refractivity contribution >= 4 is 23.2 Å². The molecule has 1 unspecified atom stereocenters. The van der Waals surface area contributed by atoms with E-state index in [1.165, 1.54) is 0 Å². The van der Waals surface area contributed by atoms with Gasteiger partial charge in [-0.3, -0.25) is 4.98 Å². The molecule has 1 aromatic rings. The average Bonchev–Trinajstić information content (AvgIpc) is 2.09. The molecule has 1 nitrogen and oxygen atoms in total. The summed E-state index contributed by atoms with van der Waals surface area (Å²) in [6, 6.07) is 1.91. The van der Waals surface area contributed by atoms with E-state index in [4.69, 9.17) is 23.2 Å². The minimum atomic E-state index is 0.171. The first-order valence-electron chi connectivity index (χ1n) is 3.96. The first kappa shape index (κ1) is 9.82. The van der Waals surface area contributed by atoms with Gasteiger partial charge in [0.05, 0.1) is 5.02 Å². The monoisotopic (exact) mass is 203 g/mol. The zero-order chi connectivity index (χ0) is 8.97. The van der Waals surface area contributed by atoms with Crippen LogP contribution in [0.4, 0.5) is 0 Å². The Morgan fingerprint density at radius 1 is 1.58 bits per heavy atom. The summed E-state index contributed by atoms with van der Waals surface area (Å²) in [6.07, 6.45) is 5.16. The lowest BCUT2D eigenvalue weighted by Gasteiger charge is -2.06. The van der Waals surface area contributed by atoms with Gasteiger partial charge in [0.1, 0.15) is 0 Å². The molecule has 0 saturated heterocycles. The number of aromatic nitrogens is 1. The summed E-state index contributed by atoms with van der Waals surface area (Å²) in [7, 11) is 0. The van der Waals surface area contributed by atoms with Crippen molar-refractivity contribution in [2.24, 2.45) is 0 Å². The lowest BCUT2D eigenvalue weighted by molar-refractivity contribution is 0.804. The molecular formula is C9H11Cl2N. The highest BCUT2D eigenvalue weighted by Crippen LogP contribution is 2.18. The molecule has 0 saturated carbocycles. The molecule has 0 bridgehead atoms. The number of halogens is 2. The molecule has 0 fully saturated rings. The standard InChI is InChI=1S/C9H11Cl2N/c1-2-8(10)5-7-3-4-12-6-9(7)11/h3-4,6,8H,2,5H2,1H3. The summed E-state index contributed by atoms with van der Waals surface area (Å²) in [5, 5.41) is 0.876. The first-order chi connectivity index (χ1) is 5.74. The van der Waals surface area contributed by atoms with Gasteiger partial charge in [0.25, 0.3) is 0 Å². The van der Waals surface area contributed by atoms with Crippen molar-refractivity contribution in [1.29, 1.82) is 0 Å². The third kappa shape index (κ3) is 2.65. The molecule has 0 aromatic carbocycles. The van der Waals surface area contributed by atoms with Gasteiger partial charge < -0.3 is 0 Å². The first-order valence-corrected chi connectivity index (χ1v) is 4.78. The second-order valence-corrected chi connectivity index (χ2v) is 3.70. The number of nitrogens with zero attached hydrogens (tertiary/aromatic N) is 1. The van der Waals surface area contributed by atoms with Gasteiger partial charge in [0.2, 0.25) is 0 Å². The number of rotatable bonds is 3. The van der Waals surface area contributed by atoms with E-state index in [0.29, 0.717) is 5.02 Å². The third-order valence-electron chi connectivity index (χ3n) is 1.74. The van der Waals surface area contributed by atoms with Crippen molar-refractivity contribution < 1.29 is 0 Å². The van der Waals surface area contributed by atoms with Crippen LogP contribution < -0.4 is 0 Å². The zero-order valence-electron chi connectivity index (χ0n) is 6.93. The normalized spacial score (nSPS) is 12.9. The van der Waals surface area contributed by atoms with Crippen molar-refractivity contribution in [3.05, 3.63) is 29.0 Å². The molecule has 0 spiro atoms. The summed E-state index contributed by atoms with van der Waals surface area (Å²) < 4.78 is 0. The third-order valence-corrected chi connectivity index (χ3v) is 2.54.